The number of amides is 1. The molecular formula is C22H30N2O2. The molecule has 26 heavy (non-hydrogen) atoms. The lowest BCUT2D eigenvalue weighted by atomic mass is 10.0. The van der Waals surface area contributed by atoms with Gasteiger partial charge < -0.3 is 15.0 Å². The van der Waals surface area contributed by atoms with Gasteiger partial charge in [0.2, 0.25) is 0 Å². The fourth-order valence-electron chi connectivity index (χ4n) is 2.69. The highest BCUT2D eigenvalue weighted by Crippen LogP contribution is 2.27. The number of hydrogen-bond donors (Lipinski definition) is 1. The Balaban J connectivity index is 1.90. The minimum absolute atomic E-state index is 0.00551. The lowest BCUT2D eigenvalue weighted by Gasteiger charge is -2.15. The molecule has 4 nitrogen and oxygen atoms in total. The number of rotatable bonds is 8. The molecular weight excluding hydrogens is 324 g/mol. The average Bonchev–Trinajstić information content (AvgIpc) is 2.59. The van der Waals surface area contributed by atoms with Crippen molar-refractivity contribution in [1.29, 1.82) is 0 Å². The van der Waals surface area contributed by atoms with E-state index in [0.29, 0.717) is 5.92 Å². The predicted octanol–water partition coefficient (Wildman–Crippen LogP) is 4.24. The monoisotopic (exact) mass is 354 g/mol. The molecule has 0 saturated heterocycles. The molecule has 2 aromatic rings. The molecule has 0 aliphatic rings. The molecule has 1 amide bonds. The van der Waals surface area contributed by atoms with E-state index < -0.39 is 0 Å². The van der Waals surface area contributed by atoms with Gasteiger partial charge in [0.25, 0.3) is 5.91 Å². The summed E-state index contributed by atoms with van der Waals surface area (Å²) in [7, 11) is 4.13. The summed E-state index contributed by atoms with van der Waals surface area (Å²) in [5, 5.41) is 2.89. The van der Waals surface area contributed by atoms with Crippen LogP contribution in [0.3, 0.4) is 0 Å². The van der Waals surface area contributed by atoms with E-state index in [4.69, 9.17) is 4.74 Å². The first-order valence-corrected chi connectivity index (χ1v) is 9.12. The van der Waals surface area contributed by atoms with Gasteiger partial charge in [-0.05, 0) is 68.2 Å². The van der Waals surface area contributed by atoms with E-state index in [0.717, 1.165) is 35.5 Å². The van der Waals surface area contributed by atoms with Crippen LogP contribution in [0.1, 0.15) is 36.5 Å². The minimum atomic E-state index is -0.151. The van der Waals surface area contributed by atoms with Crippen molar-refractivity contribution >= 4 is 11.6 Å². The molecule has 4 heteroatoms. The fraction of sp³-hybridized carbons (Fsp3) is 0.409. The highest BCUT2D eigenvalue weighted by molar-refractivity contribution is 5.91. The van der Waals surface area contributed by atoms with Gasteiger partial charge in [-0.1, -0.05) is 38.1 Å². The second kappa shape index (κ2) is 9.39. The van der Waals surface area contributed by atoms with E-state index in [1.54, 1.807) is 0 Å². The van der Waals surface area contributed by atoms with Crippen molar-refractivity contribution in [3.8, 4) is 5.75 Å². The molecule has 0 fully saturated rings. The Morgan fingerprint density at radius 1 is 1.12 bits per heavy atom. The van der Waals surface area contributed by atoms with Crippen LogP contribution in [0.2, 0.25) is 0 Å². The van der Waals surface area contributed by atoms with Crippen LogP contribution >= 0.6 is 0 Å². The summed E-state index contributed by atoms with van der Waals surface area (Å²) < 4.78 is 5.78. The maximum absolute atomic E-state index is 12.2. The van der Waals surface area contributed by atoms with E-state index in [-0.39, 0.29) is 12.5 Å². The Kier molecular flexibility index (Phi) is 7.22. The average molecular weight is 354 g/mol. The fourth-order valence-corrected chi connectivity index (χ4v) is 2.69. The summed E-state index contributed by atoms with van der Waals surface area (Å²) in [5.74, 6) is 0.986. The van der Waals surface area contributed by atoms with Crippen molar-refractivity contribution in [3.05, 3.63) is 59.2 Å². The molecule has 0 spiro atoms. The molecule has 0 heterocycles. The van der Waals surface area contributed by atoms with Crippen molar-refractivity contribution in [3.63, 3.8) is 0 Å². The maximum Gasteiger partial charge on any atom is 0.262 e. The summed E-state index contributed by atoms with van der Waals surface area (Å²) in [4.78, 5) is 14.4. The molecule has 0 bridgehead atoms. The van der Waals surface area contributed by atoms with Crippen molar-refractivity contribution < 1.29 is 9.53 Å². The van der Waals surface area contributed by atoms with Gasteiger partial charge >= 0.3 is 0 Å². The third-order valence-corrected chi connectivity index (χ3v) is 4.24. The second-order valence-electron chi connectivity index (χ2n) is 7.28. The third kappa shape index (κ3) is 6.19. The first kappa shape index (κ1) is 20.0. The van der Waals surface area contributed by atoms with Crippen LogP contribution in [-0.4, -0.2) is 38.1 Å². The third-order valence-electron chi connectivity index (χ3n) is 4.24. The Hall–Kier alpha value is -2.33. The van der Waals surface area contributed by atoms with Crippen molar-refractivity contribution in [2.24, 2.45) is 0 Å². The second-order valence-corrected chi connectivity index (χ2v) is 7.28. The summed E-state index contributed by atoms with van der Waals surface area (Å²) in [6.45, 7) is 7.28. The number of carbonyl (C=O) groups is 1. The van der Waals surface area contributed by atoms with Crippen molar-refractivity contribution in [2.45, 2.75) is 33.1 Å². The van der Waals surface area contributed by atoms with Gasteiger partial charge in [0, 0.05) is 12.2 Å². The van der Waals surface area contributed by atoms with Crippen LogP contribution < -0.4 is 10.1 Å². The molecule has 2 rings (SSSR count). The number of hydrogen-bond acceptors (Lipinski definition) is 3. The van der Waals surface area contributed by atoms with E-state index in [1.165, 1.54) is 5.56 Å². The molecule has 0 aromatic heterocycles. The number of anilines is 1. The maximum atomic E-state index is 12.2. The van der Waals surface area contributed by atoms with Crippen LogP contribution in [0, 0.1) is 6.92 Å². The number of nitrogens with zero attached hydrogens (tertiary/aromatic N) is 1. The first-order chi connectivity index (χ1) is 12.3. The van der Waals surface area contributed by atoms with E-state index >= 15 is 0 Å². The minimum Gasteiger partial charge on any atom is -0.483 e. The van der Waals surface area contributed by atoms with Crippen LogP contribution in [-0.2, 0) is 11.2 Å². The smallest absolute Gasteiger partial charge is 0.262 e. The van der Waals surface area contributed by atoms with Gasteiger partial charge in [-0.3, -0.25) is 4.79 Å². The molecule has 0 unspecified atom stereocenters. The molecule has 0 saturated carbocycles. The van der Waals surface area contributed by atoms with Gasteiger partial charge in [-0.2, -0.15) is 0 Å². The summed E-state index contributed by atoms with van der Waals surface area (Å²) in [6.07, 6.45) is 0.996. The Morgan fingerprint density at radius 3 is 2.42 bits per heavy atom. The predicted molar refractivity (Wildman–Crippen MR) is 108 cm³/mol. The van der Waals surface area contributed by atoms with E-state index in [1.807, 2.05) is 25.1 Å². The zero-order valence-corrected chi connectivity index (χ0v) is 16.5. The molecule has 0 aliphatic carbocycles. The number of carbonyl (C=O) groups excluding carboxylic acids is 1. The van der Waals surface area contributed by atoms with Gasteiger partial charge in [0.1, 0.15) is 5.75 Å². The largest absolute Gasteiger partial charge is 0.483 e. The Bertz CT molecular complexity index is 721. The SMILES string of the molecule is Cc1ccc(C(C)C)c(OCC(=O)Nc2ccc(CCN(C)C)cc2)c1. The van der Waals surface area contributed by atoms with E-state index in [2.05, 4.69) is 62.4 Å². The van der Waals surface area contributed by atoms with Crippen LogP contribution in [0.5, 0.6) is 5.75 Å². The number of likely N-dealkylation sites (N-methyl/N-ethyl adjacent to an activating group) is 1. The first-order valence-electron chi connectivity index (χ1n) is 9.12. The molecule has 0 radical (unpaired) electrons. The zero-order chi connectivity index (χ0) is 19.1. The number of ether oxygens (including phenoxy) is 1. The van der Waals surface area contributed by atoms with Crippen molar-refractivity contribution in [2.75, 3.05) is 32.6 Å². The molecule has 0 aliphatic heterocycles. The topological polar surface area (TPSA) is 41.6 Å². The highest BCUT2D eigenvalue weighted by Gasteiger charge is 2.10. The van der Waals surface area contributed by atoms with Gasteiger partial charge in [-0.15, -0.1) is 0 Å². The molecule has 0 atom stereocenters. The number of nitrogens with one attached hydrogen (secondary N) is 1. The number of aryl methyl sites for hydroxylation is 1. The van der Waals surface area contributed by atoms with Gasteiger partial charge in [0.15, 0.2) is 6.61 Å². The van der Waals surface area contributed by atoms with Crippen molar-refractivity contribution in [1.82, 2.24) is 4.90 Å². The molecule has 140 valence electrons. The molecule has 1 N–H and O–H groups in total. The summed E-state index contributed by atoms with van der Waals surface area (Å²) in [5.41, 5.74) is 4.29. The number of benzene rings is 2. The lowest BCUT2D eigenvalue weighted by Crippen LogP contribution is -2.20. The molecule has 2 aromatic carbocycles. The van der Waals surface area contributed by atoms with Gasteiger partial charge in [-0.25, -0.2) is 0 Å². The Morgan fingerprint density at radius 2 is 1.81 bits per heavy atom. The van der Waals surface area contributed by atoms with Gasteiger partial charge in [0.05, 0.1) is 0 Å². The summed E-state index contributed by atoms with van der Waals surface area (Å²) >= 11 is 0. The zero-order valence-electron chi connectivity index (χ0n) is 16.5. The standard InChI is InChI=1S/C22H30N2O2/c1-16(2)20-11-6-17(3)14-21(20)26-15-22(25)23-19-9-7-18(8-10-19)12-13-24(4)5/h6-11,14,16H,12-13,15H2,1-5H3,(H,23,25). The van der Waals surface area contributed by atoms with E-state index in [9.17, 15) is 4.79 Å². The normalized spacial score (nSPS) is 11.0. The quantitative estimate of drug-likeness (QED) is 0.771. The van der Waals surface area contributed by atoms with Crippen LogP contribution in [0.4, 0.5) is 5.69 Å². The lowest BCUT2D eigenvalue weighted by molar-refractivity contribution is -0.118. The van der Waals surface area contributed by atoms with Crippen LogP contribution in [0.15, 0.2) is 42.5 Å². The van der Waals surface area contributed by atoms with Crippen LogP contribution in [0.25, 0.3) is 0 Å². The highest BCUT2D eigenvalue weighted by atomic mass is 16.5. The Labute approximate surface area is 157 Å². The summed E-state index contributed by atoms with van der Waals surface area (Å²) in [6, 6.07) is 14.1.